The highest BCUT2D eigenvalue weighted by Crippen LogP contribution is 2.29. The monoisotopic (exact) mass is 299 g/mol. The van der Waals surface area contributed by atoms with Gasteiger partial charge in [-0.2, -0.15) is 0 Å². The van der Waals surface area contributed by atoms with E-state index in [2.05, 4.69) is 21.2 Å². The van der Waals surface area contributed by atoms with Gasteiger partial charge in [-0.3, -0.25) is 0 Å². The number of anilines is 1. The van der Waals surface area contributed by atoms with Gasteiger partial charge in [-0.15, -0.1) is 0 Å². The first-order valence-electron chi connectivity index (χ1n) is 5.99. The van der Waals surface area contributed by atoms with Crippen LogP contribution in [-0.4, -0.2) is 24.4 Å². The van der Waals surface area contributed by atoms with Gasteiger partial charge in [0, 0.05) is 11.8 Å². The Morgan fingerprint density at radius 3 is 2.82 bits per heavy atom. The number of benzene rings is 1. The molecule has 1 aliphatic rings. The summed E-state index contributed by atoms with van der Waals surface area (Å²) in [4.78, 5) is 0. The summed E-state index contributed by atoms with van der Waals surface area (Å²) < 4.78 is 6.19. The normalized spacial score (nSPS) is 24.4. The highest BCUT2D eigenvalue weighted by Gasteiger charge is 2.22. The highest BCUT2D eigenvalue weighted by atomic mass is 79.9. The van der Waals surface area contributed by atoms with Gasteiger partial charge >= 0.3 is 0 Å². The standard InChI is InChI=1S/C13H18BrNO2/c1-17-13-8-9(6-7-10(13)14)15-11-4-2-3-5-12(11)16/h6-8,11-12,15-16H,2-5H2,1H3/t11-,12-/m0/s1. The Kier molecular flexibility index (Phi) is 4.29. The largest absolute Gasteiger partial charge is 0.495 e. The molecular weight excluding hydrogens is 282 g/mol. The minimum atomic E-state index is -0.238. The number of ether oxygens (including phenoxy) is 1. The van der Waals surface area contributed by atoms with Crippen molar-refractivity contribution in [1.82, 2.24) is 0 Å². The molecule has 4 heteroatoms. The fourth-order valence-electron chi connectivity index (χ4n) is 2.24. The average Bonchev–Trinajstić information content (AvgIpc) is 2.34. The molecule has 0 aliphatic heterocycles. The van der Waals surface area contributed by atoms with Crippen molar-refractivity contribution in [3.8, 4) is 5.75 Å². The lowest BCUT2D eigenvalue weighted by Crippen LogP contribution is -2.36. The van der Waals surface area contributed by atoms with E-state index in [0.717, 1.165) is 35.2 Å². The number of hydrogen-bond donors (Lipinski definition) is 2. The minimum Gasteiger partial charge on any atom is -0.495 e. The average molecular weight is 300 g/mol. The number of aliphatic hydroxyl groups is 1. The number of halogens is 1. The molecule has 0 aromatic heterocycles. The molecule has 2 N–H and O–H groups in total. The van der Waals surface area contributed by atoms with Crippen LogP contribution in [0.4, 0.5) is 5.69 Å². The van der Waals surface area contributed by atoms with Gasteiger partial charge < -0.3 is 15.2 Å². The van der Waals surface area contributed by atoms with Crippen molar-refractivity contribution < 1.29 is 9.84 Å². The second-order valence-corrected chi connectivity index (χ2v) is 5.31. The Morgan fingerprint density at radius 2 is 2.12 bits per heavy atom. The van der Waals surface area contributed by atoms with E-state index in [1.54, 1.807) is 7.11 Å². The van der Waals surface area contributed by atoms with Crippen LogP contribution >= 0.6 is 15.9 Å². The molecule has 0 unspecified atom stereocenters. The van der Waals surface area contributed by atoms with Gasteiger partial charge in [0.1, 0.15) is 5.75 Å². The summed E-state index contributed by atoms with van der Waals surface area (Å²) in [6.45, 7) is 0. The van der Waals surface area contributed by atoms with Crippen molar-refractivity contribution in [3.05, 3.63) is 22.7 Å². The Hall–Kier alpha value is -0.740. The second-order valence-electron chi connectivity index (χ2n) is 4.45. The van der Waals surface area contributed by atoms with Gasteiger partial charge in [-0.05, 0) is 40.9 Å². The maximum absolute atomic E-state index is 9.91. The topological polar surface area (TPSA) is 41.5 Å². The van der Waals surface area contributed by atoms with Crippen molar-refractivity contribution in [2.24, 2.45) is 0 Å². The van der Waals surface area contributed by atoms with Crippen molar-refractivity contribution >= 4 is 21.6 Å². The molecule has 2 rings (SSSR count). The lowest BCUT2D eigenvalue weighted by atomic mass is 9.92. The molecule has 0 amide bonds. The lowest BCUT2D eigenvalue weighted by molar-refractivity contribution is 0.116. The predicted molar refractivity (Wildman–Crippen MR) is 72.6 cm³/mol. The quantitative estimate of drug-likeness (QED) is 0.901. The molecule has 0 radical (unpaired) electrons. The summed E-state index contributed by atoms with van der Waals surface area (Å²) in [6.07, 6.45) is 3.99. The third kappa shape index (κ3) is 3.13. The molecule has 0 spiro atoms. The minimum absolute atomic E-state index is 0.162. The molecule has 1 saturated carbocycles. The number of methoxy groups -OCH3 is 1. The second kappa shape index (κ2) is 5.74. The van der Waals surface area contributed by atoms with Crippen LogP contribution in [0.5, 0.6) is 5.75 Å². The molecule has 94 valence electrons. The first-order valence-corrected chi connectivity index (χ1v) is 6.78. The molecule has 2 atom stereocenters. The zero-order chi connectivity index (χ0) is 12.3. The molecule has 1 fully saturated rings. The molecule has 1 aromatic rings. The molecule has 0 heterocycles. The van der Waals surface area contributed by atoms with Crippen LogP contribution in [-0.2, 0) is 0 Å². The van der Waals surface area contributed by atoms with Crippen molar-refractivity contribution in [2.45, 2.75) is 37.8 Å². The van der Waals surface area contributed by atoms with E-state index < -0.39 is 0 Å². The summed E-state index contributed by atoms with van der Waals surface area (Å²) >= 11 is 3.43. The lowest BCUT2D eigenvalue weighted by Gasteiger charge is -2.29. The Balaban J connectivity index is 2.07. The SMILES string of the molecule is COc1cc(N[C@H]2CCCC[C@@H]2O)ccc1Br. The maximum atomic E-state index is 9.91. The van der Waals surface area contributed by atoms with Crippen LogP contribution in [0.25, 0.3) is 0 Å². The zero-order valence-electron chi connectivity index (χ0n) is 9.95. The highest BCUT2D eigenvalue weighted by molar-refractivity contribution is 9.10. The van der Waals surface area contributed by atoms with Gasteiger partial charge in [-0.25, -0.2) is 0 Å². The molecule has 0 bridgehead atoms. The third-order valence-corrected chi connectivity index (χ3v) is 3.89. The zero-order valence-corrected chi connectivity index (χ0v) is 11.5. The predicted octanol–water partition coefficient (Wildman–Crippen LogP) is 3.17. The number of nitrogens with one attached hydrogen (secondary N) is 1. The Morgan fingerprint density at radius 1 is 1.35 bits per heavy atom. The Bertz CT molecular complexity index is 384. The van der Waals surface area contributed by atoms with E-state index in [1.807, 2.05) is 18.2 Å². The fraction of sp³-hybridized carbons (Fsp3) is 0.538. The van der Waals surface area contributed by atoms with Crippen LogP contribution in [0.1, 0.15) is 25.7 Å². The van der Waals surface area contributed by atoms with Gasteiger partial charge in [-0.1, -0.05) is 12.8 Å². The molecular formula is C13H18BrNO2. The van der Waals surface area contributed by atoms with Gasteiger partial charge in [0.25, 0.3) is 0 Å². The van der Waals surface area contributed by atoms with Gasteiger partial charge in [0.15, 0.2) is 0 Å². The smallest absolute Gasteiger partial charge is 0.135 e. The summed E-state index contributed by atoms with van der Waals surface area (Å²) in [5.74, 6) is 0.806. The number of hydrogen-bond acceptors (Lipinski definition) is 3. The van der Waals surface area contributed by atoms with Crippen molar-refractivity contribution in [1.29, 1.82) is 0 Å². The first kappa shape index (κ1) is 12.7. The fourth-order valence-corrected chi connectivity index (χ4v) is 2.65. The third-order valence-electron chi connectivity index (χ3n) is 3.23. The molecule has 0 saturated heterocycles. The van der Waals surface area contributed by atoms with Crippen LogP contribution in [0.15, 0.2) is 22.7 Å². The van der Waals surface area contributed by atoms with E-state index in [0.29, 0.717) is 0 Å². The van der Waals surface area contributed by atoms with Crippen LogP contribution in [0.3, 0.4) is 0 Å². The van der Waals surface area contributed by atoms with Crippen molar-refractivity contribution in [3.63, 3.8) is 0 Å². The summed E-state index contributed by atoms with van der Waals surface area (Å²) in [7, 11) is 1.65. The molecule has 3 nitrogen and oxygen atoms in total. The maximum Gasteiger partial charge on any atom is 0.135 e. The molecule has 17 heavy (non-hydrogen) atoms. The van der Waals surface area contributed by atoms with E-state index in [9.17, 15) is 5.11 Å². The van der Waals surface area contributed by atoms with Crippen LogP contribution in [0.2, 0.25) is 0 Å². The summed E-state index contributed by atoms with van der Waals surface area (Å²) in [5, 5.41) is 13.3. The van der Waals surface area contributed by atoms with Gasteiger partial charge in [0.2, 0.25) is 0 Å². The number of rotatable bonds is 3. The van der Waals surface area contributed by atoms with Crippen LogP contribution < -0.4 is 10.1 Å². The Labute approximate surface area is 110 Å². The van der Waals surface area contributed by atoms with E-state index in [1.165, 1.54) is 6.42 Å². The van der Waals surface area contributed by atoms with E-state index in [-0.39, 0.29) is 12.1 Å². The van der Waals surface area contributed by atoms with Crippen molar-refractivity contribution in [2.75, 3.05) is 12.4 Å². The van der Waals surface area contributed by atoms with E-state index >= 15 is 0 Å². The molecule has 1 aromatic carbocycles. The van der Waals surface area contributed by atoms with Gasteiger partial charge in [0.05, 0.1) is 23.7 Å². The van der Waals surface area contributed by atoms with E-state index in [4.69, 9.17) is 4.74 Å². The molecule has 1 aliphatic carbocycles. The number of aliphatic hydroxyl groups excluding tert-OH is 1. The first-order chi connectivity index (χ1) is 8.20. The van der Waals surface area contributed by atoms with Crippen LogP contribution in [0, 0.1) is 0 Å². The summed E-state index contributed by atoms with van der Waals surface area (Å²) in [5.41, 5.74) is 0.996. The summed E-state index contributed by atoms with van der Waals surface area (Å²) in [6, 6.07) is 6.06.